The monoisotopic (exact) mass is 467 g/mol. The molecular formula is C28H22ClN3O2. The number of aliphatic imine (C=N–C) groups is 1. The number of ether oxygens (including phenoxy) is 2. The van der Waals surface area contributed by atoms with Crippen molar-refractivity contribution < 1.29 is 9.47 Å². The van der Waals surface area contributed by atoms with Crippen LogP contribution in [0, 0.1) is 0 Å². The number of amidine groups is 1. The minimum Gasteiger partial charge on any atom is -0.497 e. The summed E-state index contributed by atoms with van der Waals surface area (Å²) < 4.78 is 10.5. The van der Waals surface area contributed by atoms with E-state index in [1.807, 2.05) is 66.7 Å². The average molecular weight is 468 g/mol. The van der Waals surface area contributed by atoms with E-state index in [0.29, 0.717) is 10.9 Å². The number of hydrogen-bond donors (Lipinski definition) is 1. The van der Waals surface area contributed by atoms with Crippen molar-refractivity contribution in [3.05, 3.63) is 113 Å². The van der Waals surface area contributed by atoms with Gasteiger partial charge in [0.15, 0.2) is 5.84 Å². The number of rotatable bonds is 5. The highest BCUT2D eigenvalue weighted by atomic mass is 35.5. The Morgan fingerprint density at radius 1 is 0.647 bits per heavy atom. The first-order valence-corrected chi connectivity index (χ1v) is 11.1. The highest BCUT2D eigenvalue weighted by Gasteiger charge is 2.18. The normalized spacial score (nSPS) is 12.6. The smallest absolute Gasteiger partial charge is 0.154 e. The molecule has 0 amide bonds. The second kappa shape index (κ2) is 9.41. The van der Waals surface area contributed by atoms with Gasteiger partial charge in [0.1, 0.15) is 17.2 Å². The number of hydrogen-bond acceptors (Lipinski definition) is 5. The molecule has 0 atom stereocenters. The lowest BCUT2D eigenvalue weighted by Crippen LogP contribution is -2.19. The van der Waals surface area contributed by atoms with Crippen molar-refractivity contribution in [3.8, 4) is 22.6 Å². The van der Waals surface area contributed by atoms with Crippen molar-refractivity contribution in [3.63, 3.8) is 0 Å². The first-order chi connectivity index (χ1) is 16.6. The molecule has 34 heavy (non-hydrogen) atoms. The minimum absolute atomic E-state index is 0.629. The number of nitrogens with one attached hydrogen (secondary N) is 1. The van der Waals surface area contributed by atoms with Gasteiger partial charge < -0.3 is 9.47 Å². The van der Waals surface area contributed by atoms with E-state index in [-0.39, 0.29) is 0 Å². The lowest BCUT2D eigenvalue weighted by molar-refractivity contribution is 0.414. The van der Waals surface area contributed by atoms with Gasteiger partial charge >= 0.3 is 0 Å². The molecule has 0 fully saturated rings. The molecule has 1 aliphatic rings. The molecule has 1 aliphatic heterocycles. The zero-order chi connectivity index (χ0) is 23.5. The molecule has 0 aromatic heterocycles. The molecule has 5 rings (SSSR count). The lowest BCUT2D eigenvalue weighted by atomic mass is 9.98. The summed E-state index contributed by atoms with van der Waals surface area (Å²) in [6.45, 7) is 0. The fourth-order valence-corrected chi connectivity index (χ4v) is 3.98. The van der Waals surface area contributed by atoms with Crippen LogP contribution in [0.25, 0.3) is 11.1 Å². The summed E-state index contributed by atoms with van der Waals surface area (Å²) in [5, 5.41) is 5.36. The van der Waals surface area contributed by atoms with Gasteiger partial charge in [-0.2, -0.15) is 5.10 Å². The van der Waals surface area contributed by atoms with E-state index in [0.717, 1.165) is 50.7 Å². The van der Waals surface area contributed by atoms with Crippen LogP contribution in [-0.2, 0) is 0 Å². The fourth-order valence-electron chi connectivity index (χ4n) is 3.81. The summed E-state index contributed by atoms with van der Waals surface area (Å²) in [4.78, 5) is 4.84. The van der Waals surface area contributed by atoms with Crippen molar-refractivity contribution in [2.75, 3.05) is 14.2 Å². The fraction of sp³-hybridized carbons (Fsp3) is 0.0714. The number of fused-ring (bicyclic) bond motifs is 1. The summed E-state index contributed by atoms with van der Waals surface area (Å²) in [5.41, 5.74) is 9.65. The Hall–Kier alpha value is -4.09. The van der Waals surface area contributed by atoms with Crippen molar-refractivity contribution in [1.29, 1.82) is 0 Å². The Balaban J connectivity index is 1.51. The summed E-state index contributed by atoms with van der Waals surface area (Å²) in [7, 11) is 3.31. The minimum atomic E-state index is 0.629. The van der Waals surface area contributed by atoms with Crippen molar-refractivity contribution in [2.45, 2.75) is 0 Å². The zero-order valence-electron chi connectivity index (χ0n) is 18.7. The third-order valence-electron chi connectivity index (χ3n) is 5.66. The van der Waals surface area contributed by atoms with E-state index in [4.69, 9.17) is 31.2 Å². The molecule has 168 valence electrons. The van der Waals surface area contributed by atoms with Crippen LogP contribution in [0.5, 0.6) is 11.5 Å². The van der Waals surface area contributed by atoms with Gasteiger partial charge in [0.2, 0.25) is 0 Å². The molecule has 0 unspecified atom stereocenters. The Labute approximate surface area is 203 Å². The highest BCUT2D eigenvalue weighted by molar-refractivity contribution is 6.31. The zero-order valence-corrected chi connectivity index (χ0v) is 19.5. The largest absolute Gasteiger partial charge is 0.497 e. The topological polar surface area (TPSA) is 55.2 Å². The van der Waals surface area contributed by atoms with Gasteiger partial charge in [-0.1, -0.05) is 48.0 Å². The van der Waals surface area contributed by atoms with E-state index in [2.05, 4.69) is 29.7 Å². The third kappa shape index (κ3) is 4.38. The molecule has 0 bridgehead atoms. The van der Waals surface area contributed by atoms with Gasteiger partial charge in [0.05, 0.1) is 19.9 Å². The van der Waals surface area contributed by atoms with E-state index in [1.54, 1.807) is 14.2 Å². The Bertz CT molecular complexity index is 1380. The molecular weight excluding hydrogens is 446 g/mol. The lowest BCUT2D eigenvalue weighted by Gasteiger charge is -2.10. The standard InChI is InChI=1S/C28H22ClN3O2/c1-33-23-12-7-19(8-13-23)18-3-5-20(6-4-18)27-25-17-22(29)11-16-26(25)30-28(32-31-27)21-9-14-24(34-2)15-10-21/h3-17H,1-2H3,(H,30,32). The van der Waals surface area contributed by atoms with Crippen LogP contribution in [-0.4, -0.2) is 25.8 Å². The maximum Gasteiger partial charge on any atom is 0.154 e. The van der Waals surface area contributed by atoms with Gasteiger partial charge in [0.25, 0.3) is 0 Å². The summed E-state index contributed by atoms with van der Waals surface area (Å²) in [6.07, 6.45) is 0. The van der Waals surface area contributed by atoms with Crippen LogP contribution < -0.4 is 14.9 Å². The van der Waals surface area contributed by atoms with Crippen molar-refractivity contribution in [2.24, 2.45) is 10.1 Å². The SMILES string of the molecule is COc1ccc(C2=Nc3ccc(Cl)cc3C(c3ccc(-c4ccc(OC)cc4)cc3)=NN2)cc1. The number of halogens is 1. The molecule has 0 spiro atoms. The molecule has 4 aromatic rings. The van der Waals surface area contributed by atoms with Crippen molar-refractivity contribution >= 4 is 28.8 Å². The van der Waals surface area contributed by atoms with E-state index in [1.165, 1.54) is 0 Å². The summed E-state index contributed by atoms with van der Waals surface area (Å²) >= 11 is 6.35. The molecule has 0 saturated heterocycles. The van der Waals surface area contributed by atoms with E-state index < -0.39 is 0 Å². The van der Waals surface area contributed by atoms with E-state index in [9.17, 15) is 0 Å². The summed E-state index contributed by atoms with van der Waals surface area (Å²) in [6, 6.07) is 29.6. The van der Waals surface area contributed by atoms with Crippen LogP contribution in [0.15, 0.2) is 101 Å². The molecule has 6 heteroatoms. The quantitative estimate of drug-likeness (QED) is 0.366. The number of benzene rings is 4. The van der Waals surface area contributed by atoms with E-state index >= 15 is 0 Å². The second-order valence-electron chi connectivity index (χ2n) is 7.73. The number of nitrogens with zero attached hydrogens (tertiary/aromatic N) is 2. The number of hydrazone groups is 1. The highest BCUT2D eigenvalue weighted by Crippen LogP contribution is 2.30. The molecule has 5 nitrogen and oxygen atoms in total. The maximum absolute atomic E-state index is 6.35. The average Bonchev–Trinajstić information content (AvgIpc) is 3.08. The van der Waals surface area contributed by atoms with Gasteiger partial charge in [-0.25, -0.2) is 4.99 Å². The van der Waals surface area contributed by atoms with Gasteiger partial charge in [-0.05, 0) is 65.7 Å². The molecule has 1 N–H and O–H groups in total. The van der Waals surface area contributed by atoms with Crippen LogP contribution in [0.3, 0.4) is 0 Å². The first-order valence-electron chi connectivity index (χ1n) is 10.8. The van der Waals surface area contributed by atoms with Crippen molar-refractivity contribution in [1.82, 2.24) is 5.43 Å². The van der Waals surface area contributed by atoms with Crippen LogP contribution in [0.1, 0.15) is 16.7 Å². The summed E-state index contributed by atoms with van der Waals surface area (Å²) in [5.74, 6) is 2.27. The molecule has 4 aromatic carbocycles. The predicted octanol–water partition coefficient (Wildman–Crippen LogP) is 6.46. The second-order valence-corrected chi connectivity index (χ2v) is 8.16. The van der Waals surface area contributed by atoms with Crippen LogP contribution in [0.2, 0.25) is 5.02 Å². The molecule has 0 radical (unpaired) electrons. The first kappa shape index (κ1) is 21.7. The Morgan fingerprint density at radius 2 is 1.18 bits per heavy atom. The molecule has 1 heterocycles. The molecule has 0 aliphatic carbocycles. The molecule has 0 saturated carbocycles. The Morgan fingerprint density at radius 3 is 1.76 bits per heavy atom. The predicted molar refractivity (Wildman–Crippen MR) is 138 cm³/mol. The van der Waals surface area contributed by atoms with Gasteiger partial charge in [0, 0.05) is 21.7 Å². The van der Waals surface area contributed by atoms with Crippen LogP contribution in [0.4, 0.5) is 5.69 Å². The Kier molecular flexibility index (Phi) is 6.02. The van der Waals surface area contributed by atoms with Crippen LogP contribution >= 0.6 is 11.6 Å². The van der Waals surface area contributed by atoms with Gasteiger partial charge in [-0.3, -0.25) is 5.43 Å². The maximum atomic E-state index is 6.35. The number of methoxy groups -OCH3 is 2. The third-order valence-corrected chi connectivity index (χ3v) is 5.90. The van der Waals surface area contributed by atoms with Gasteiger partial charge in [-0.15, -0.1) is 0 Å².